The molecule has 0 fully saturated rings. The van der Waals surface area contributed by atoms with E-state index in [0.29, 0.717) is 48.0 Å². The zero-order valence-electron chi connectivity index (χ0n) is 21.5. The highest BCUT2D eigenvalue weighted by molar-refractivity contribution is 6.54. The van der Waals surface area contributed by atoms with Gasteiger partial charge in [-0.3, -0.25) is 0 Å². The number of aromatic amines is 1. The zero-order chi connectivity index (χ0) is 26.6. The molecule has 0 atom stereocenters. The molecule has 0 aromatic carbocycles. The number of hydrogen-bond donors (Lipinski definition) is 1. The van der Waals surface area contributed by atoms with Gasteiger partial charge < -0.3 is 32.4 Å². The van der Waals surface area contributed by atoms with Crippen molar-refractivity contribution >= 4 is 30.5 Å². The van der Waals surface area contributed by atoms with E-state index in [1.54, 1.807) is 13.8 Å². The first-order valence-corrected chi connectivity index (χ1v) is 12.4. The largest absolute Gasteiger partial charge is 0.726 e. The molecule has 1 N–H and O–H groups in total. The van der Waals surface area contributed by atoms with Crippen LogP contribution in [-0.2, 0) is 36.4 Å². The molecule has 3 rings (SSSR count). The maximum Gasteiger partial charge on any atom is 0.726 e. The fourth-order valence-corrected chi connectivity index (χ4v) is 4.57. The number of carbonyl (C=O) groups is 2. The van der Waals surface area contributed by atoms with Gasteiger partial charge in [-0.1, -0.05) is 27.7 Å². The summed E-state index contributed by atoms with van der Waals surface area (Å²) in [6, 6.07) is 0. The molecule has 0 spiro atoms. The molecule has 11 heteroatoms. The second-order valence-corrected chi connectivity index (χ2v) is 8.10. The highest BCUT2D eigenvalue weighted by atomic mass is 19.3. The summed E-state index contributed by atoms with van der Waals surface area (Å²) in [4.78, 5) is 32.4. The van der Waals surface area contributed by atoms with Crippen LogP contribution in [0, 0.1) is 0 Å². The predicted octanol–water partition coefficient (Wildman–Crippen LogP) is 5.42. The van der Waals surface area contributed by atoms with E-state index >= 15 is 0 Å². The van der Waals surface area contributed by atoms with E-state index < -0.39 is 19.0 Å². The molecule has 0 unspecified atom stereocenters. The van der Waals surface area contributed by atoms with Crippen LogP contribution in [0.5, 0.6) is 0 Å². The number of carbonyl (C=O) groups excluding carboxylic acids is 2. The Kier molecular flexibility index (Phi) is 8.42. The Bertz CT molecular complexity index is 1180. The van der Waals surface area contributed by atoms with E-state index in [-0.39, 0.29) is 47.5 Å². The molecule has 8 nitrogen and oxygen atoms in total. The molecule has 3 heterocycles. The van der Waals surface area contributed by atoms with Crippen LogP contribution in [0.25, 0.3) is 5.76 Å². The van der Waals surface area contributed by atoms with Gasteiger partial charge in [0.2, 0.25) is 0 Å². The smallest absolute Gasteiger partial charge is 0.626 e. The summed E-state index contributed by atoms with van der Waals surface area (Å²) < 4.78 is 49.8. The Balaban J connectivity index is 2.24. The highest BCUT2D eigenvalue weighted by Crippen LogP contribution is 2.40. The maximum absolute atomic E-state index is 14.8. The average Bonchev–Trinajstić information content (AvgIpc) is 3.41. The van der Waals surface area contributed by atoms with Crippen molar-refractivity contribution in [3.63, 3.8) is 0 Å². The molecule has 1 aromatic heterocycles. The van der Waals surface area contributed by atoms with Gasteiger partial charge in [-0.05, 0) is 61.8 Å². The van der Waals surface area contributed by atoms with E-state index in [9.17, 15) is 18.2 Å². The molecular weight excluding hydrogens is 473 g/mol. The third-order valence-corrected chi connectivity index (χ3v) is 6.01. The average molecular weight is 505 g/mol. The summed E-state index contributed by atoms with van der Waals surface area (Å²) in [5.74, 6) is -1.57. The van der Waals surface area contributed by atoms with Crippen LogP contribution in [0.15, 0.2) is 33.7 Å². The summed E-state index contributed by atoms with van der Waals surface area (Å²) in [7, 11) is -4.76. The molecule has 196 valence electrons. The first-order chi connectivity index (χ1) is 17.2. The molecule has 2 aliphatic rings. The van der Waals surface area contributed by atoms with Gasteiger partial charge >= 0.3 is 19.0 Å². The number of rotatable bonds is 9. The normalized spacial score (nSPS) is 18.9. The minimum absolute atomic E-state index is 0.0894. The maximum atomic E-state index is 14.8. The third kappa shape index (κ3) is 5.10. The summed E-state index contributed by atoms with van der Waals surface area (Å²) >= 11 is 0. The van der Waals surface area contributed by atoms with Gasteiger partial charge in [0.25, 0.3) is 0 Å². The number of allylic oxidation sites excluding steroid dienone is 2. The number of aliphatic imine (C=N–C) groups is 1. The molecule has 36 heavy (non-hydrogen) atoms. The number of H-pyrrole nitrogens is 1. The Labute approximate surface area is 209 Å². The lowest BCUT2D eigenvalue weighted by atomic mass is 9.98. The van der Waals surface area contributed by atoms with Crippen LogP contribution in [0.3, 0.4) is 0 Å². The Morgan fingerprint density at radius 1 is 0.889 bits per heavy atom. The van der Waals surface area contributed by atoms with Gasteiger partial charge in [-0.15, -0.1) is 0 Å². The molecule has 0 radical (unpaired) electrons. The van der Waals surface area contributed by atoms with E-state index in [4.69, 9.17) is 18.8 Å². The topological polar surface area (TPSA) is 99.2 Å². The van der Waals surface area contributed by atoms with Crippen molar-refractivity contribution in [2.24, 2.45) is 4.99 Å². The Morgan fingerprint density at radius 3 is 2.06 bits per heavy atom. The summed E-state index contributed by atoms with van der Waals surface area (Å²) in [6.45, 7) is 11.1. The Morgan fingerprint density at radius 2 is 1.50 bits per heavy atom. The lowest BCUT2D eigenvalue weighted by Gasteiger charge is -2.35. The van der Waals surface area contributed by atoms with Crippen molar-refractivity contribution in [2.45, 2.75) is 67.2 Å². The molecule has 0 saturated heterocycles. The van der Waals surface area contributed by atoms with Crippen LogP contribution >= 0.6 is 0 Å². The third-order valence-electron chi connectivity index (χ3n) is 6.01. The van der Waals surface area contributed by atoms with E-state index in [2.05, 4.69) is 9.98 Å². The van der Waals surface area contributed by atoms with E-state index in [1.807, 2.05) is 27.7 Å². The Hall–Kier alpha value is -3.37. The predicted molar refractivity (Wildman–Crippen MR) is 132 cm³/mol. The monoisotopic (exact) mass is 505 g/mol. The minimum atomic E-state index is -4.76. The molecule has 0 saturated carbocycles. The molecule has 0 amide bonds. The van der Waals surface area contributed by atoms with Crippen LogP contribution in [-0.4, -0.2) is 43.0 Å². The van der Waals surface area contributed by atoms with Crippen molar-refractivity contribution in [2.75, 3.05) is 13.2 Å². The lowest BCUT2D eigenvalue weighted by Crippen LogP contribution is -2.34. The first kappa shape index (κ1) is 27.2. The molecule has 0 bridgehead atoms. The van der Waals surface area contributed by atoms with Gasteiger partial charge in [-0.2, -0.15) is 0 Å². The number of esters is 2. The minimum Gasteiger partial charge on any atom is -0.626 e. The van der Waals surface area contributed by atoms with Crippen molar-refractivity contribution in [3.8, 4) is 0 Å². The molecule has 0 aliphatic carbocycles. The number of nitrogens with zero attached hydrogens (tertiary/aromatic N) is 1. The number of ether oxygens (including phenoxy) is 2. The van der Waals surface area contributed by atoms with Crippen LogP contribution in [0.4, 0.5) is 8.63 Å². The quantitative estimate of drug-likeness (QED) is 0.355. The fraction of sp³-hybridized carbons (Fsp3) is 0.480. The number of aromatic nitrogens is 1. The second kappa shape index (κ2) is 11.1. The van der Waals surface area contributed by atoms with Crippen LogP contribution < -0.4 is 0 Å². The second-order valence-electron chi connectivity index (χ2n) is 8.10. The SMILES string of the molecule is CCOC(=O)C1=N/C(=C2/C=C(c3[nH]c(C(=O)OCC)c(CC)c3CC)O[B-](F)(F)O2)C(CC)=C1CC. The molecular formula is C25H32BF2N2O6-. The number of hydrogen-bond acceptors (Lipinski definition) is 7. The summed E-state index contributed by atoms with van der Waals surface area (Å²) in [6.07, 6.45) is 3.19. The van der Waals surface area contributed by atoms with Gasteiger partial charge in [-0.25, -0.2) is 14.6 Å². The summed E-state index contributed by atoms with van der Waals surface area (Å²) in [5, 5.41) is 0. The first-order valence-electron chi connectivity index (χ1n) is 12.4. The van der Waals surface area contributed by atoms with Gasteiger partial charge in [0.15, 0.2) is 5.71 Å². The van der Waals surface area contributed by atoms with Gasteiger partial charge in [0, 0.05) is 6.08 Å². The number of halogens is 2. The standard InChI is InChI=1S/C25H32BF2N2O6/c1-7-14-16(9-3)22(24(31)33-11-5)29-20(14)18-13-19(36-26(27,28)35-18)21-15(8-2)17(10-4)23(30-21)25(32)34-12-6/h13,29H,7-12H2,1-6H3/q-1/b21-19-. The van der Waals surface area contributed by atoms with Crippen molar-refractivity contribution in [3.05, 3.63) is 51.2 Å². The fourth-order valence-electron chi connectivity index (χ4n) is 4.57. The zero-order valence-corrected chi connectivity index (χ0v) is 21.5. The van der Waals surface area contributed by atoms with Crippen molar-refractivity contribution < 1.29 is 37.0 Å². The van der Waals surface area contributed by atoms with Crippen molar-refractivity contribution in [1.82, 2.24) is 4.98 Å². The van der Waals surface area contributed by atoms with Crippen molar-refractivity contribution in [1.29, 1.82) is 0 Å². The lowest BCUT2D eigenvalue weighted by molar-refractivity contribution is -0.134. The van der Waals surface area contributed by atoms with E-state index in [1.165, 1.54) is 6.08 Å². The molecule has 1 aromatic rings. The molecule has 2 aliphatic heterocycles. The summed E-state index contributed by atoms with van der Waals surface area (Å²) in [5.41, 5.74) is 3.31. The number of nitrogens with one attached hydrogen (secondary N) is 1. The van der Waals surface area contributed by atoms with Crippen LogP contribution in [0.2, 0.25) is 0 Å². The van der Waals surface area contributed by atoms with Gasteiger partial charge in [0.1, 0.15) is 22.9 Å². The highest BCUT2D eigenvalue weighted by Gasteiger charge is 2.41. The van der Waals surface area contributed by atoms with Gasteiger partial charge in [0.05, 0.1) is 18.9 Å². The van der Waals surface area contributed by atoms with E-state index in [0.717, 1.165) is 0 Å². The van der Waals surface area contributed by atoms with Crippen LogP contribution in [0.1, 0.15) is 81.7 Å².